The van der Waals surface area contributed by atoms with Gasteiger partial charge in [-0.25, -0.2) is 9.89 Å². The van der Waals surface area contributed by atoms with E-state index in [-0.39, 0.29) is 17.7 Å². The fraction of sp³-hybridized carbons (Fsp3) is 0.800. The van der Waals surface area contributed by atoms with Crippen LogP contribution in [0.25, 0.3) is 0 Å². The average Bonchev–Trinajstić information content (AvgIpc) is 3.18. The smallest absolute Gasteiger partial charge is 0.344 e. The minimum Gasteiger partial charge on any atom is -0.376 e. The summed E-state index contributed by atoms with van der Waals surface area (Å²) in [5.41, 5.74) is -0.234. The van der Waals surface area contributed by atoms with Crippen molar-refractivity contribution >= 4 is 17.7 Å². The van der Waals surface area contributed by atoms with E-state index < -0.39 is 0 Å². The fourth-order valence-electron chi connectivity index (χ4n) is 3.04. The number of likely N-dealkylation sites (tertiary alicyclic amines) is 1. The van der Waals surface area contributed by atoms with Crippen LogP contribution in [-0.2, 0) is 16.1 Å². The topological polar surface area (TPSA) is 80.2 Å². The van der Waals surface area contributed by atoms with Gasteiger partial charge in [0.15, 0.2) is 5.16 Å². The molecule has 2 aliphatic rings. The highest BCUT2D eigenvalue weighted by molar-refractivity contribution is 7.99. The minimum absolute atomic E-state index is 0.0731. The van der Waals surface area contributed by atoms with Gasteiger partial charge in [0.1, 0.15) is 0 Å². The zero-order valence-electron chi connectivity index (χ0n) is 13.5. The van der Waals surface area contributed by atoms with Crippen LogP contribution in [0.5, 0.6) is 0 Å². The molecule has 3 rings (SSSR count). The second-order valence-corrected chi connectivity index (χ2v) is 7.35. The summed E-state index contributed by atoms with van der Waals surface area (Å²) in [6, 6.07) is 0. The Morgan fingerprint density at radius 2 is 2.17 bits per heavy atom. The van der Waals surface area contributed by atoms with Crippen LogP contribution in [0.1, 0.15) is 32.6 Å². The molecule has 3 heterocycles. The van der Waals surface area contributed by atoms with Gasteiger partial charge in [-0.15, -0.1) is 5.10 Å². The molecule has 23 heavy (non-hydrogen) atoms. The van der Waals surface area contributed by atoms with Gasteiger partial charge in [0.25, 0.3) is 0 Å². The van der Waals surface area contributed by atoms with Crippen molar-refractivity contribution < 1.29 is 9.53 Å². The summed E-state index contributed by atoms with van der Waals surface area (Å²) >= 11 is 1.33. The molecule has 0 radical (unpaired) electrons. The van der Waals surface area contributed by atoms with Gasteiger partial charge in [-0.2, -0.15) is 0 Å². The predicted octanol–water partition coefficient (Wildman–Crippen LogP) is 1.10. The van der Waals surface area contributed by atoms with Gasteiger partial charge >= 0.3 is 5.69 Å². The van der Waals surface area contributed by atoms with E-state index in [1.54, 1.807) is 4.57 Å². The van der Waals surface area contributed by atoms with Crippen molar-refractivity contribution in [2.24, 2.45) is 5.92 Å². The Morgan fingerprint density at radius 1 is 1.39 bits per heavy atom. The van der Waals surface area contributed by atoms with Gasteiger partial charge in [-0.05, 0) is 31.6 Å². The first kappa shape index (κ1) is 16.6. The number of carbonyl (C=O) groups excluding carboxylic acids is 1. The second kappa shape index (κ2) is 7.53. The molecule has 2 aliphatic heterocycles. The Morgan fingerprint density at radius 3 is 2.87 bits per heavy atom. The first-order chi connectivity index (χ1) is 11.1. The first-order valence-corrected chi connectivity index (χ1v) is 9.29. The normalized spacial score (nSPS) is 22.7. The summed E-state index contributed by atoms with van der Waals surface area (Å²) in [5.74, 6) is 1.15. The van der Waals surface area contributed by atoms with Crippen molar-refractivity contribution in [3.63, 3.8) is 0 Å². The lowest BCUT2D eigenvalue weighted by Gasteiger charge is -2.30. The van der Waals surface area contributed by atoms with E-state index in [1.165, 1.54) is 11.8 Å². The van der Waals surface area contributed by atoms with E-state index in [2.05, 4.69) is 17.1 Å². The maximum atomic E-state index is 12.3. The molecule has 128 valence electrons. The minimum atomic E-state index is -0.234. The number of nitrogens with one attached hydrogen (secondary N) is 1. The number of H-pyrrole nitrogens is 1. The maximum Gasteiger partial charge on any atom is 0.344 e. The number of hydrogen-bond donors (Lipinski definition) is 1. The van der Waals surface area contributed by atoms with E-state index in [4.69, 9.17) is 4.74 Å². The molecule has 0 aliphatic carbocycles. The quantitative estimate of drug-likeness (QED) is 0.812. The standard InChI is InChI=1S/C15H24N4O3S/c1-11-4-6-18(7-5-11)13(20)10-23-15-17-16-14(21)19(15)9-12-3-2-8-22-12/h11-12H,2-10H2,1H3,(H,16,21). The van der Waals surface area contributed by atoms with Gasteiger partial charge in [0, 0.05) is 19.7 Å². The lowest BCUT2D eigenvalue weighted by molar-refractivity contribution is -0.129. The summed E-state index contributed by atoms with van der Waals surface area (Å²) in [7, 11) is 0. The SMILES string of the molecule is CC1CCN(C(=O)CSc2n[nH]c(=O)n2CC2CCCO2)CC1. The molecule has 0 saturated carbocycles. The van der Waals surface area contributed by atoms with E-state index in [9.17, 15) is 9.59 Å². The van der Waals surface area contributed by atoms with Gasteiger partial charge in [-0.3, -0.25) is 9.36 Å². The molecule has 2 fully saturated rings. The molecule has 1 aromatic rings. The van der Waals surface area contributed by atoms with E-state index in [1.807, 2.05) is 4.90 Å². The summed E-state index contributed by atoms with van der Waals surface area (Å²) in [4.78, 5) is 26.1. The van der Waals surface area contributed by atoms with Gasteiger partial charge in [-0.1, -0.05) is 18.7 Å². The number of nitrogens with zero attached hydrogens (tertiary/aromatic N) is 3. The van der Waals surface area contributed by atoms with Gasteiger partial charge < -0.3 is 9.64 Å². The predicted molar refractivity (Wildman–Crippen MR) is 87.5 cm³/mol. The maximum absolute atomic E-state index is 12.3. The van der Waals surface area contributed by atoms with Crippen molar-refractivity contribution in [3.05, 3.63) is 10.5 Å². The first-order valence-electron chi connectivity index (χ1n) is 8.31. The van der Waals surface area contributed by atoms with Crippen LogP contribution < -0.4 is 5.69 Å². The fourth-order valence-corrected chi connectivity index (χ4v) is 3.90. The Hall–Kier alpha value is -1.28. The van der Waals surface area contributed by atoms with Crippen LogP contribution in [0.2, 0.25) is 0 Å². The molecule has 1 amide bonds. The number of aromatic nitrogens is 3. The number of piperidine rings is 1. The van der Waals surface area contributed by atoms with E-state index in [0.717, 1.165) is 45.4 Å². The summed E-state index contributed by atoms with van der Waals surface area (Å²) in [6.45, 7) is 5.16. The van der Waals surface area contributed by atoms with Crippen molar-refractivity contribution in [2.75, 3.05) is 25.4 Å². The third-order valence-electron chi connectivity index (χ3n) is 4.59. The van der Waals surface area contributed by atoms with Crippen LogP contribution in [-0.4, -0.2) is 57.1 Å². The van der Waals surface area contributed by atoms with E-state index in [0.29, 0.717) is 23.4 Å². The molecule has 1 N–H and O–H groups in total. The number of amides is 1. The number of hydrogen-bond acceptors (Lipinski definition) is 5. The largest absolute Gasteiger partial charge is 0.376 e. The van der Waals surface area contributed by atoms with Crippen molar-refractivity contribution in [1.82, 2.24) is 19.7 Å². The van der Waals surface area contributed by atoms with Gasteiger partial charge in [0.2, 0.25) is 5.91 Å². The Balaban J connectivity index is 1.55. The molecule has 7 nitrogen and oxygen atoms in total. The number of aromatic amines is 1. The molecule has 0 bridgehead atoms. The number of thioether (sulfide) groups is 1. The summed E-state index contributed by atoms with van der Waals surface area (Å²) < 4.78 is 7.17. The van der Waals surface area contributed by atoms with Crippen molar-refractivity contribution in [1.29, 1.82) is 0 Å². The number of ether oxygens (including phenoxy) is 1. The second-order valence-electron chi connectivity index (χ2n) is 6.41. The highest BCUT2D eigenvalue weighted by atomic mass is 32.2. The van der Waals surface area contributed by atoms with Crippen molar-refractivity contribution in [3.8, 4) is 0 Å². The lowest BCUT2D eigenvalue weighted by Crippen LogP contribution is -2.39. The molecule has 1 unspecified atom stereocenters. The molecular weight excluding hydrogens is 316 g/mol. The zero-order valence-corrected chi connectivity index (χ0v) is 14.3. The molecular formula is C15H24N4O3S. The third kappa shape index (κ3) is 4.17. The lowest BCUT2D eigenvalue weighted by atomic mass is 9.99. The Kier molecular flexibility index (Phi) is 5.42. The third-order valence-corrected chi connectivity index (χ3v) is 5.56. The van der Waals surface area contributed by atoms with Crippen LogP contribution in [0.15, 0.2) is 9.95 Å². The van der Waals surface area contributed by atoms with Crippen LogP contribution >= 0.6 is 11.8 Å². The van der Waals surface area contributed by atoms with Crippen LogP contribution in [0, 0.1) is 5.92 Å². The van der Waals surface area contributed by atoms with Crippen LogP contribution in [0.4, 0.5) is 0 Å². The molecule has 2 saturated heterocycles. The highest BCUT2D eigenvalue weighted by Gasteiger charge is 2.23. The number of rotatable bonds is 5. The molecule has 8 heteroatoms. The monoisotopic (exact) mass is 340 g/mol. The average molecular weight is 340 g/mol. The van der Waals surface area contributed by atoms with E-state index >= 15 is 0 Å². The Labute approximate surface area is 139 Å². The zero-order chi connectivity index (χ0) is 16.2. The molecule has 1 aromatic heterocycles. The molecule has 0 aromatic carbocycles. The Bertz CT molecular complexity index is 586. The molecule has 1 atom stereocenters. The summed E-state index contributed by atoms with van der Waals surface area (Å²) in [5, 5.41) is 7.10. The summed E-state index contributed by atoms with van der Waals surface area (Å²) in [6.07, 6.45) is 4.22. The van der Waals surface area contributed by atoms with Crippen LogP contribution in [0.3, 0.4) is 0 Å². The highest BCUT2D eigenvalue weighted by Crippen LogP contribution is 2.20. The molecule has 0 spiro atoms. The van der Waals surface area contributed by atoms with Gasteiger partial charge in [0.05, 0.1) is 18.4 Å². The van der Waals surface area contributed by atoms with Crippen molar-refractivity contribution in [2.45, 2.75) is 50.4 Å². The number of carbonyl (C=O) groups is 1.